The van der Waals surface area contributed by atoms with Gasteiger partial charge in [-0.15, -0.1) is 11.3 Å². The van der Waals surface area contributed by atoms with Crippen LogP contribution in [-0.4, -0.2) is 16.8 Å². The van der Waals surface area contributed by atoms with E-state index in [0.717, 1.165) is 10.0 Å². The van der Waals surface area contributed by atoms with Gasteiger partial charge in [0.2, 0.25) is 5.91 Å². The van der Waals surface area contributed by atoms with E-state index in [-0.39, 0.29) is 23.9 Å². The summed E-state index contributed by atoms with van der Waals surface area (Å²) in [5.74, 6) is -0.495. The van der Waals surface area contributed by atoms with Gasteiger partial charge in [0.15, 0.2) is 5.13 Å². The molecule has 5 nitrogen and oxygen atoms in total. The molecule has 1 aromatic heterocycles. The molecule has 0 unspecified atom stereocenters. The number of rotatable bonds is 5. The highest BCUT2D eigenvalue weighted by Crippen LogP contribution is 2.23. The van der Waals surface area contributed by atoms with Gasteiger partial charge >= 0.3 is 0 Å². The minimum absolute atomic E-state index is 0.168. The lowest BCUT2D eigenvalue weighted by atomic mass is 10.1. The molecule has 25 heavy (non-hydrogen) atoms. The minimum atomic E-state index is -0.327. The van der Waals surface area contributed by atoms with Crippen LogP contribution in [0.15, 0.2) is 64.5 Å². The zero-order chi connectivity index (χ0) is 17.6. The molecule has 3 rings (SSSR count). The van der Waals surface area contributed by atoms with Crippen LogP contribution in [0.4, 0.5) is 10.8 Å². The van der Waals surface area contributed by atoms with E-state index in [9.17, 15) is 9.59 Å². The lowest BCUT2D eigenvalue weighted by molar-refractivity contribution is -0.115. The standard InChI is InChI=1S/C18H14BrN3O2S/c19-13-8-4-5-9-14(13)20-17(24)15-11-25-18(21-15)22-16(23)10-12-6-2-1-3-7-12/h1-9,11H,10H2,(H,20,24)(H,21,22,23). The molecule has 2 amide bonds. The van der Waals surface area contributed by atoms with E-state index < -0.39 is 0 Å². The van der Waals surface area contributed by atoms with Gasteiger partial charge in [0.25, 0.3) is 5.91 Å². The summed E-state index contributed by atoms with van der Waals surface area (Å²) >= 11 is 4.59. The second kappa shape index (κ2) is 8.04. The summed E-state index contributed by atoms with van der Waals surface area (Å²) in [6, 6.07) is 16.8. The number of carbonyl (C=O) groups is 2. The molecule has 0 fully saturated rings. The molecule has 0 bridgehead atoms. The van der Waals surface area contributed by atoms with Gasteiger partial charge in [0.1, 0.15) is 5.69 Å². The first kappa shape index (κ1) is 17.3. The van der Waals surface area contributed by atoms with Crippen LogP contribution in [0.2, 0.25) is 0 Å². The molecule has 0 saturated heterocycles. The molecule has 0 radical (unpaired) electrons. The molecule has 2 N–H and O–H groups in total. The predicted octanol–water partition coefficient (Wildman–Crippen LogP) is 4.34. The number of carbonyl (C=O) groups excluding carboxylic acids is 2. The summed E-state index contributed by atoms with van der Waals surface area (Å²) in [6.07, 6.45) is 0.263. The van der Waals surface area contributed by atoms with Gasteiger partial charge in [-0.1, -0.05) is 42.5 Å². The Labute approximate surface area is 157 Å². The van der Waals surface area contributed by atoms with Crippen LogP contribution >= 0.6 is 27.3 Å². The molecule has 0 spiro atoms. The first-order valence-corrected chi connectivity index (χ1v) is 9.14. The summed E-state index contributed by atoms with van der Waals surface area (Å²) in [4.78, 5) is 28.5. The predicted molar refractivity (Wildman–Crippen MR) is 103 cm³/mol. The van der Waals surface area contributed by atoms with Crippen LogP contribution in [0.5, 0.6) is 0 Å². The van der Waals surface area contributed by atoms with Crippen molar-refractivity contribution in [1.82, 2.24) is 4.98 Å². The summed E-state index contributed by atoms with van der Waals surface area (Å²) in [5, 5.41) is 7.52. The Morgan fingerprint density at radius 3 is 2.48 bits per heavy atom. The maximum atomic E-state index is 12.3. The molecule has 0 atom stereocenters. The van der Waals surface area contributed by atoms with E-state index >= 15 is 0 Å². The van der Waals surface area contributed by atoms with Crippen molar-refractivity contribution in [2.45, 2.75) is 6.42 Å². The number of aromatic nitrogens is 1. The normalized spacial score (nSPS) is 10.3. The van der Waals surface area contributed by atoms with Crippen molar-refractivity contribution in [3.05, 3.63) is 75.7 Å². The van der Waals surface area contributed by atoms with Crippen LogP contribution in [0.3, 0.4) is 0 Å². The monoisotopic (exact) mass is 415 g/mol. The van der Waals surface area contributed by atoms with Crippen LogP contribution in [0, 0.1) is 0 Å². The molecule has 1 heterocycles. The van der Waals surface area contributed by atoms with E-state index in [1.54, 1.807) is 11.4 Å². The van der Waals surface area contributed by atoms with E-state index in [4.69, 9.17) is 0 Å². The third-order valence-electron chi connectivity index (χ3n) is 3.31. The molecule has 2 aromatic carbocycles. The number of nitrogens with one attached hydrogen (secondary N) is 2. The van der Waals surface area contributed by atoms with Crippen LogP contribution in [0.1, 0.15) is 16.1 Å². The number of hydrogen-bond acceptors (Lipinski definition) is 4. The van der Waals surface area contributed by atoms with Gasteiger partial charge in [-0.2, -0.15) is 0 Å². The molecular formula is C18H14BrN3O2S. The van der Waals surface area contributed by atoms with Crippen molar-refractivity contribution >= 4 is 49.9 Å². The molecule has 0 aliphatic rings. The van der Waals surface area contributed by atoms with Crippen molar-refractivity contribution in [2.75, 3.05) is 10.6 Å². The number of halogens is 1. The van der Waals surface area contributed by atoms with Crippen LogP contribution < -0.4 is 10.6 Å². The Balaban J connectivity index is 1.61. The van der Waals surface area contributed by atoms with Crippen molar-refractivity contribution in [3.63, 3.8) is 0 Å². The SMILES string of the molecule is O=C(Cc1ccccc1)Nc1nc(C(=O)Nc2ccccc2Br)cs1. The second-order valence-corrected chi connectivity index (χ2v) is 6.89. The highest BCUT2D eigenvalue weighted by Gasteiger charge is 2.14. The van der Waals surface area contributed by atoms with Gasteiger partial charge in [-0.25, -0.2) is 4.98 Å². The Morgan fingerprint density at radius 2 is 1.72 bits per heavy atom. The first-order valence-electron chi connectivity index (χ1n) is 7.47. The molecule has 126 valence electrons. The molecule has 0 aliphatic heterocycles. The molecule has 3 aromatic rings. The quantitative estimate of drug-likeness (QED) is 0.650. The Morgan fingerprint density at radius 1 is 1.00 bits per heavy atom. The highest BCUT2D eigenvalue weighted by atomic mass is 79.9. The maximum Gasteiger partial charge on any atom is 0.275 e. The lowest BCUT2D eigenvalue weighted by Gasteiger charge is -2.05. The van der Waals surface area contributed by atoms with E-state index in [1.807, 2.05) is 48.5 Å². The minimum Gasteiger partial charge on any atom is -0.320 e. The van der Waals surface area contributed by atoms with Gasteiger partial charge in [0, 0.05) is 9.85 Å². The largest absolute Gasteiger partial charge is 0.320 e. The van der Waals surface area contributed by atoms with Crippen molar-refractivity contribution in [2.24, 2.45) is 0 Å². The Hall–Kier alpha value is -2.51. The number of benzene rings is 2. The summed E-state index contributed by atoms with van der Waals surface area (Å²) in [6.45, 7) is 0. The number of amides is 2. The number of para-hydroxylation sites is 1. The fourth-order valence-electron chi connectivity index (χ4n) is 2.13. The Kier molecular flexibility index (Phi) is 5.57. The topological polar surface area (TPSA) is 71.1 Å². The van der Waals surface area contributed by atoms with E-state index in [1.165, 1.54) is 11.3 Å². The van der Waals surface area contributed by atoms with Gasteiger partial charge in [-0.05, 0) is 33.6 Å². The van der Waals surface area contributed by atoms with Crippen LogP contribution in [-0.2, 0) is 11.2 Å². The number of anilines is 2. The average molecular weight is 416 g/mol. The third kappa shape index (κ3) is 4.74. The zero-order valence-corrected chi connectivity index (χ0v) is 15.4. The third-order valence-corrected chi connectivity index (χ3v) is 4.76. The molecule has 7 heteroatoms. The maximum absolute atomic E-state index is 12.3. The van der Waals surface area contributed by atoms with Crippen LogP contribution in [0.25, 0.3) is 0 Å². The van der Waals surface area contributed by atoms with Gasteiger partial charge in [-0.3, -0.25) is 9.59 Å². The highest BCUT2D eigenvalue weighted by molar-refractivity contribution is 9.10. The summed E-state index contributed by atoms with van der Waals surface area (Å²) < 4.78 is 0.787. The molecule has 0 saturated carbocycles. The van der Waals surface area contributed by atoms with Crippen molar-refractivity contribution < 1.29 is 9.59 Å². The zero-order valence-electron chi connectivity index (χ0n) is 13.0. The van der Waals surface area contributed by atoms with Gasteiger partial charge < -0.3 is 10.6 Å². The van der Waals surface area contributed by atoms with Crippen molar-refractivity contribution in [1.29, 1.82) is 0 Å². The molecular weight excluding hydrogens is 402 g/mol. The molecule has 0 aliphatic carbocycles. The fraction of sp³-hybridized carbons (Fsp3) is 0.0556. The van der Waals surface area contributed by atoms with Gasteiger partial charge in [0.05, 0.1) is 12.1 Å². The second-order valence-electron chi connectivity index (χ2n) is 5.18. The number of hydrogen-bond donors (Lipinski definition) is 2. The van der Waals surface area contributed by atoms with Crippen molar-refractivity contribution in [3.8, 4) is 0 Å². The lowest BCUT2D eigenvalue weighted by Crippen LogP contribution is -2.15. The summed E-state index contributed by atoms with van der Waals surface area (Å²) in [5.41, 5.74) is 1.84. The first-order chi connectivity index (χ1) is 12.1. The summed E-state index contributed by atoms with van der Waals surface area (Å²) in [7, 11) is 0. The number of thiazole rings is 1. The fourth-order valence-corrected chi connectivity index (χ4v) is 3.22. The smallest absolute Gasteiger partial charge is 0.275 e. The van der Waals surface area contributed by atoms with E-state index in [0.29, 0.717) is 10.8 Å². The number of nitrogens with zero attached hydrogens (tertiary/aromatic N) is 1. The van der Waals surface area contributed by atoms with E-state index in [2.05, 4.69) is 31.5 Å². The average Bonchev–Trinajstić information content (AvgIpc) is 3.06. The Bertz CT molecular complexity index is 896.